The third-order valence-corrected chi connectivity index (χ3v) is 1.60. The molecule has 0 atom stereocenters. The van der Waals surface area contributed by atoms with Crippen molar-refractivity contribution in [1.29, 1.82) is 5.41 Å². The molecule has 44 valence electrons. The zero-order valence-electron chi connectivity index (χ0n) is 4.74. The Morgan fingerprint density at radius 2 is 2.25 bits per heavy atom. The average Bonchev–Trinajstić information content (AvgIpc) is 1.84. The summed E-state index contributed by atoms with van der Waals surface area (Å²) in [7, 11) is 0. The van der Waals surface area contributed by atoms with Crippen molar-refractivity contribution >= 4 is 21.6 Å². The zero-order valence-corrected chi connectivity index (χ0v) is 6.33. The Kier molecular flexibility index (Phi) is 3.44. The topological polar surface area (TPSA) is 23.9 Å². The van der Waals surface area contributed by atoms with Crippen LogP contribution in [-0.2, 0) is 0 Å². The molecule has 1 N–H and O–H groups in total. The Bertz CT molecular complexity index is 135. The van der Waals surface area contributed by atoms with E-state index >= 15 is 0 Å². The van der Waals surface area contributed by atoms with Gasteiger partial charge in [-0.1, -0.05) is 12.7 Å². The molecule has 0 unspecified atom stereocenters. The predicted octanol–water partition coefficient (Wildman–Crippen LogP) is 2.49. The van der Waals surface area contributed by atoms with Crippen molar-refractivity contribution < 1.29 is 0 Å². The van der Waals surface area contributed by atoms with Gasteiger partial charge in [0.2, 0.25) is 0 Å². The maximum Gasteiger partial charge on any atom is 0.0672 e. The highest BCUT2D eigenvalue weighted by atomic mass is 79.9. The van der Waals surface area contributed by atoms with Crippen molar-refractivity contribution in [3.05, 3.63) is 23.2 Å². The van der Waals surface area contributed by atoms with Crippen LogP contribution < -0.4 is 0 Å². The number of nitrogens with one attached hydrogen (secondary N) is 1. The lowest BCUT2D eigenvalue weighted by Gasteiger charge is -1.89. The van der Waals surface area contributed by atoms with E-state index in [0.717, 1.165) is 4.48 Å². The number of halogens is 1. The van der Waals surface area contributed by atoms with Gasteiger partial charge in [-0.3, -0.25) is 5.41 Å². The lowest BCUT2D eigenvalue weighted by Crippen LogP contribution is -1.86. The molecule has 1 nitrogen and oxygen atoms in total. The maximum absolute atomic E-state index is 7.11. The molecule has 0 aliphatic heterocycles. The molecule has 0 aliphatic rings. The predicted molar refractivity (Wildman–Crippen MR) is 40.6 cm³/mol. The van der Waals surface area contributed by atoms with Gasteiger partial charge in [-0.05, 0) is 28.9 Å². The fraction of sp³-hybridized carbons (Fsp3) is 0.167. The molecular formula is C6H8BrN. The van der Waals surface area contributed by atoms with Crippen LogP contribution in [0.1, 0.15) is 6.92 Å². The van der Waals surface area contributed by atoms with E-state index in [1.165, 1.54) is 6.08 Å². The molecule has 0 heterocycles. The van der Waals surface area contributed by atoms with Crippen molar-refractivity contribution in [1.82, 2.24) is 0 Å². The summed E-state index contributed by atoms with van der Waals surface area (Å²) in [6.07, 6.45) is 3.30. The highest BCUT2D eigenvalue weighted by Crippen LogP contribution is 2.05. The molecular weight excluding hydrogens is 166 g/mol. The van der Waals surface area contributed by atoms with Crippen LogP contribution in [-0.4, -0.2) is 5.71 Å². The molecule has 0 radical (unpaired) electrons. The Labute approximate surface area is 57.7 Å². The van der Waals surface area contributed by atoms with Gasteiger partial charge in [0.1, 0.15) is 0 Å². The fourth-order valence-corrected chi connectivity index (χ4v) is 0.415. The summed E-state index contributed by atoms with van der Waals surface area (Å²) in [6, 6.07) is 0. The zero-order chi connectivity index (χ0) is 6.57. The monoisotopic (exact) mass is 173 g/mol. The molecule has 0 saturated heterocycles. The van der Waals surface area contributed by atoms with E-state index in [1.54, 1.807) is 0 Å². The van der Waals surface area contributed by atoms with Crippen LogP contribution in [0, 0.1) is 5.41 Å². The van der Waals surface area contributed by atoms with E-state index in [1.807, 2.05) is 13.0 Å². The van der Waals surface area contributed by atoms with E-state index in [-0.39, 0.29) is 0 Å². The molecule has 2 heteroatoms. The molecule has 0 aromatic carbocycles. The van der Waals surface area contributed by atoms with Gasteiger partial charge < -0.3 is 0 Å². The molecule has 0 saturated carbocycles. The van der Waals surface area contributed by atoms with E-state index in [9.17, 15) is 0 Å². The summed E-state index contributed by atoms with van der Waals surface area (Å²) in [5, 5.41) is 7.11. The minimum Gasteiger partial charge on any atom is -0.300 e. The molecule has 0 aromatic heterocycles. The van der Waals surface area contributed by atoms with Crippen molar-refractivity contribution in [2.24, 2.45) is 0 Å². The standard InChI is InChI=1S/C6H8BrN/c1-3-5(7)6(8)4-2/h3-4,8H,2H2,1H3/b5-3+,8-6?. The normalized spacial score (nSPS) is 11.0. The van der Waals surface area contributed by atoms with Crippen molar-refractivity contribution in [2.75, 3.05) is 0 Å². The van der Waals surface area contributed by atoms with Crippen LogP contribution in [0.15, 0.2) is 23.2 Å². The first kappa shape index (κ1) is 7.63. The summed E-state index contributed by atoms with van der Waals surface area (Å²) in [5.74, 6) is 0. The van der Waals surface area contributed by atoms with Crippen molar-refractivity contribution in [3.8, 4) is 0 Å². The van der Waals surface area contributed by atoms with E-state index < -0.39 is 0 Å². The SMILES string of the molecule is C=CC(=N)/C(Br)=C\C. The van der Waals surface area contributed by atoms with E-state index in [0.29, 0.717) is 5.71 Å². The molecule has 8 heavy (non-hydrogen) atoms. The fourth-order valence-electron chi connectivity index (χ4n) is 0.253. The maximum atomic E-state index is 7.11. The summed E-state index contributed by atoms with van der Waals surface area (Å²) < 4.78 is 0.785. The minimum atomic E-state index is 0.424. The molecule has 0 amide bonds. The van der Waals surface area contributed by atoms with Gasteiger partial charge in [0.25, 0.3) is 0 Å². The smallest absolute Gasteiger partial charge is 0.0672 e. The van der Waals surface area contributed by atoms with Gasteiger partial charge in [0.05, 0.1) is 5.71 Å². The van der Waals surface area contributed by atoms with Crippen LogP contribution in [0.25, 0.3) is 0 Å². The average molecular weight is 174 g/mol. The molecule has 0 aliphatic carbocycles. The quantitative estimate of drug-likeness (QED) is 0.622. The second-order valence-corrected chi connectivity index (χ2v) is 2.11. The lowest BCUT2D eigenvalue weighted by molar-refractivity contribution is 1.53. The van der Waals surface area contributed by atoms with E-state index in [2.05, 4.69) is 22.5 Å². The molecule has 0 fully saturated rings. The van der Waals surface area contributed by atoms with E-state index in [4.69, 9.17) is 5.41 Å². The highest BCUT2D eigenvalue weighted by molar-refractivity contribution is 9.12. The van der Waals surface area contributed by atoms with Gasteiger partial charge in [0, 0.05) is 4.48 Å². The van der Waals surface area contributed by atoms with Gasteiger partial charge in [0.15, 0.2) is 0 Å². The van der Waals surface area contributed by atoms with Gasteiger partial charge in [-0.25, -0.2) is 0 Å². The van der Waals surface area contributed by atoms with Crippen LogP contribution in [0.5, 0.6) is 0 Å². The highest BCUT2D eigenvalue weighted by Gasteiger charge is 1.90. The first-order valence-corrected chi connectivity index (χ1v) is 3.04. The van der Waals surface area contributed by atoms with Gasteiger partial charge in [-0.2, -0.15) is 0 Å². The second kappa shape index (κ2) is 3.61. The molecule has 0 spiro atoms. The van der Waals surface area contributed by atoms with Crippen molar-refractivity contribution in [2.45, 2.75) is 6.92 Å². The first-order valence-electron chi connectivity index (χ1n) is 2.25. The second-order valence-electron chi connectivity index (χ2n) is 1.25. The Morgan fingerprint density at radius 3 is 2.38 bits per heavy atom. The van der Waals surface area contributed by atoms with Gasteiger partial charge >= 0.3 is 0 Å². The minimum absolute atomic E-state index is 0.424. The Morgan fingerprint density at radius 1 is 1.75 bits per heavy atom. The van der Waals surface area contributed by atoms with Crippen molar-refractivity contribution in [3.63, 3.8) is 0 Å². The summed E-state index contributed by atoms with van der Waals surface area (Å²) in [5.41, 5.74) is 0.424. The summed E-state index contributed by atoms with van der Waals surface area (Å²) in [6.45, 7) is 5.30. The first-order chi connectivity index (χ1) is 3.72. The molecule has 0 bridgehead atoms. The Hall–Kier alpha value is -0.370. The van der Waals surface area contributed by atoms with Gasteiger partial charge in [-0.15, -0.1) is 0 Å². The molecule has 0 rings (SSSR count). The van der Waals surface area contributed by atoms with Crippen LogP contribution in [0.3, 0.4) is 0 Å². The number of hydrogen-bond donors (Lipinski definition) is 1. The largest absolute Gasteiger partial charge is 0.300 e. The van der Waals surface area contributed by atoms with Crippen LogP contribution >= 0.6 is 15.9 Å². The lowest BCUT2D eigenvalue weighted by atomic mass is 10.3. The number of rotatable bonds is 2. The van der Waals surface area contributed by atoms with Crippen LogP contribution in [0.4, 0.5) is 0 Å². The third-order valence-electron chi connectivity index (χ3n) is 0.715. The Balaban J connectivity index is 4.03. The number of hydrogen-bond acceptors (Lipinski definition) is 1. The molecule has 0 aromatic rings. The summed E-state index contributed by atoms with van der Waals surface area (Å²) in [4.78, 5) is 0. The van der Waals surface area contributed by atoms with Crippen LogP contribution in [0.2, 0.25) is 0 Å². The summed E-state index contributed by atoms with van der Waals surface area (Å²) >= 11 is 3.17. The number of allylic oxidation sites excluding steroid dienone is 3. The third kappa shape index (κ3) is 2.07.